The minimum Gasteiger partial charge on any atom is -0.475 e. The molecule has 4 aromatic rings. The van der Waals surface area contributed by atoms with Gasteiger partial charge in [-0.2, -0.15) is 39.5 Å². The Labute approximate surface area is 274 Å². The molecule has 0 bridgehead atoms. The number of nitrogens with zero attached hydrogens (tertiary/aromatic N) is 6. The molecular formula is C28H25F9N6O7. The van der Waals surface area contributed by atoms with Crippen LogP contribution >= 0.6 is 0 Å². The first-order valence-electron chi connectivity index (χ1n) is 13.5. The van der Waals surface area contributed by atoms with Crippen molar-refractivity contribution in [1.82, 2.24) is 29.7 Å². The molecule has 50 heavy (non-hydrogen) atoms. The Bertz CT molecular complexity index is 1680. The Kier molecular flexibility index (Phi) is 14.1. The van der Waals surface area contributed by atoms with Crippen molar-refractivity contribution in [3.8, 4) is 11.1 Å². The van der Waals surface area contributed by atoms with Crippen LogP contribution in [0.15, 0.2) is 61.1 Å². The molecule has 0 radical (unpaired) electrons. The lowest BCUT2D eigenvalue weighted by Gasteiger charge is -2.31. The van der Waals surface area contributed by atoms with Crippen LogP contribution in [-0.4, -0.2) is 101 Å². The molecule has 0 aromatic carbocycles. The van der Waals surface area contributed by atoms with Crippen LogP contribution in [0.1, 0.15) is 23.2 Å². The Balaban J connectivity index is 0.000000338. The lowest BCUT2D eigenvalue weighted by molar-refractivity contribution is -0.193. The first-order valence-corrected chi connectivity index (χ1v) is 13.5. The molecule has 0 spiro atoms. The van der Waals surface area contributed by atoms with Gasteiger partial charge in [0.1, 0.15) is 11.8 Å². The van der Waals surface area contributed by atoms with Gasteiger partial charge in [-0.1, -0.05) is 17.3 Å². The SMILES string of the molecule is Cc1cccc(CN2CCOC(c3nnn4cc(-c5ccncc5)ccc34)C2)n1.O=C(O)C(F)(F)F.O=C(O)C(F)(F)F.O=C(O)C(F)(F)F. The second kappa shape index (κ2) is 17.3. The third-order valence-corrected chi connectivity index (χ3v) is 5.97. The smallest absolute Gasteiger partial charge is 0.475 e. The molecule has 13 nitrogen and oxygen atoms in total. The number of aryl methyl sites for hydroxylation is 1. The van der Waals surface area contributed by atoms with Gasteiger partial charge in [0.25, 0.3) is 0 Å². The number of hydrogen-bond donors (Lipinski definition) is 3. The zero-order chi connectivity index (χ0) is 37.9. The van der Waals surface area contributed by atoms with Crippen molar-refractivity contribution in [2.75, 3.05) is 19.7 Å². The first-order chi connectivity index (χ1) is 23.1. The highest BCUT2D eigenvalue weighted by Gasteiger charge is 2.39. The van der Waals surface area contributed by atoms with E-state index in [2.05, 4.69) is 49.4 Å². The van der Waals surface area contributed by atoms with Crippen LogP contribution in [0, 0.1) is 6.92 Å². The minimum atomic E-state index is -5.08. The number of hydrogen-bond acceptors (Lipinski definition) is 9. The Morgan fingerprint density at radius 3 is 1.86 bits per heavy atom. The molecule has 272 valence electrons. The molecule has 5 rings (SSSR count). The van der Waals surface area contributed by atoms with E-state index >= 15 is 0 Å². The minimum absolute atomic E-state index is 0.0992. The van der Waals surface area contributed by atoms with Crippen LogP contribution in [0.2, 0.25) is 0 Å². The van der Waals surface area contributed by atoms with E-state index < -0.39 is 36.4 Å². The maximum Gasteiger partial charge on any atom is 0.490 e. The normalized spacial score (nSPS) is 15.0. The van der Waals surface area contributed by atoms with Crippen LogP contribution in [-0.2, 0) is 25.7 Å². The second-order valence-electron chi connectivity index (χ2n) is 9.73. The number of aromatic nitrogens is 5. The summed E-state index contributed by atoms with van der Waals surface area (Å²) >= 11 is 0. The summed E-state index contributed by atoms with van der Waals surface area (Å²) in [6.45, 7) is 5.17. The lowest BCUT2D eigenvalue weighted by atomic mass is 10.1. The van der Waals surface area contributed by atoms with Crippen LogP contribution in [0.25, 0.3) is 16.6 Å². The van der Waals surface area contributed by atoms with E-state index in [9.17, 15) is 39.5 Å². The first kappa shape index (κ1) is 40.8. The van der Waals surface area contributed by atoms with Crippen molar-refractivity contribution >= 4 is 23.4 Å². The Morgan fingerprint density at radius 2 is 1.36 bits per heavy atom. The predicted octanol–water partition coefficient (Wildman–Crippen LogP) is 4.97. The summed E-state index contributed by atoms with van der Waals surface area (Å²) in [5, 5.41) is 30.2. The second-order valence-corrected chi connectivity index (χ2v) is 9.73. The average Bonchev–Trinajstić information content (AvgIpc) is 3.45. The quantitative estimate of drug-likeness (QED) is 0.241. The summed E-state index contributed by atoms with van der Waals surface area (Å²) < 4.78 is 103. The number of carboxylic acid groups (broad SMARTS) is 3. The van der Waals surface area contributed by atoms with Gasteiger partial charge in [-0.25, -0.2) is 18.9 Å². The van der Waals surface area contributed by atoms with E-state index in [1.165, 1.54) is 0 Å². The van der Waals surface area contributed by atoms with Crippen LogP contribution in [0.5, 0.6) is 0 Å². The van der Waals surface area contributed by atoms with Crippen molar-refractivity contribution < 1.29 is 74.0 Å². The van der Waals surface area contributed by atoms with Crippen molar-refractivity contribution in [2.24, 2.45) is 0 Å². The largest absolute Gasteiger partial charge is 0.490 e. The zero-order valence-corrected chi connectivity index (χ0v) is 25.2. The zero-order valence-electron chi connectivity index (χ0n) is 25.2. The molecule has 0 amide bonds. The molecule has 4 aromatic heterocycles. The van der Waals surface area contributed by atoms with E-state index in [-0.39, 0.29) is 6.10 Å². The number of aliphatic carboxylic acids is 3. The predicted molar refractivity (Wildman–Crippen MR) is 150 cm³/mol. The highest BCUT2D eigenvalue weighted by Crippen LogP contribution is 2.27. The summed E-state index contributed by atoms with van der Waals surface area (Å²) in [7, 11) is 0. The van der Waals surface area contributed by atoms with Gasteiger partial charge in [0.2, 0.25) is 0 Å². The standard InChI is InChI=1S/C22H22N6O.3C2HF3O2/c1-16-3-2-4-19(24-16)14-27-11-12-29-21(15-27)22-20-6-5-18(13-28(20)26-25-22)17-7-9-23-10-8-17;3*3-2(4,5)1(6)7/h2-10,13,21H,11-12,14-15H2,1H3;3*(H,6,7). The number of fused-ring (bicyclic) bond motifs is 1. The number of rotatable bonds is 4. The maximum atomic E-state index is 10.6. The number of pyridine rings is 3. The molecule has 1 atom stereocenters. The van der Waals surface area contributed by atoms with Crippen molar-refractivity contribution in [3.63, 3.8) is 0 Å². The van der Waals surface area contributed by atoms with Crippen LogP contribution < -0.4 is 0 Å². The summed E-state index contributed by atoms with van der Waals surface area (Å²) in [5.74, 6) is -8.27. The van der Waals surface area contributed by atoms with Gasteiger partial charge in [0.15, 0.2) is 0 Å². The molecule has 1 saturated heterocycles. The number of morpholine rings is 1. The van der Waals surface area contributed by atoms with Gasteiger partial charge in [-0.05, 0) is 42.8 Å². The number of halogens is 9. The van der Waals surface area contributed by atoms with Gasteiger partial charge in [0, 0.05) is 49.5 Å². The third-order valence-electron chi connectivity index (χ3n) is 5.97. The van der Waals surface area contributed by atoms with Gasteiger partial charge < -0.3 is 20.1 Å². The Morgan fingerprint density at radius 1 is 0.820 bits per heavy atom. The summed E-state index contributed by atoms with van der Waals surface area (Å²) in [5.41, 5.74) is 6.16. The fraction of sp³-hybridized carbons (Fsp3) is 0.321. The van der Waals surface area contributed by atoms with E-state index in [4.69, 9.17) is 34.4 Å². The summed E-state index contributed by atoms with van der Waals surface area (Å²) in [6, 6.07) is 14.3. The molecule has 22 heteroatoms. The molecule has 5 heterocycles. The average molecular weight is 729 g/mol. The van der Waals surface area contributed by atoms with E-state index in [0.29, 0.717) is 6.61 Å². The van der Waals surface area contributed by atoms with E-state index in [1.807, 2.05) is 35.8 Å². The van der Waals surface area contributed by atoms with Gasteiger partial charge in [-0.15, -0.1) is 5.10 Å². The third kappa shape index (κ3) is 13.3. The number of carboxylic acids is 3. The molecule has 3 N–H and O–H groups in total. The number of carbonyl (C=O) groups is 3. The van der Waals surface area contributed by atoms with Crippen molar-refractivity contribution in [1.29, 1.82) is 0 Å². The molecule has 1 fully saturated rings. The highest BCUT2D eigenvalue weighted by molar-refractivity contribution is 5.73. The van der Waals surface area contributed by atoms with Gasteiger partial charge in [-0.3, -0.25) is 14.9 Å². The molecule has 0 aliphatic carbocycles. The van der Waals surface area contributed by atoms with Crippen molar-refractivity contribution in [3.05, 3.63) is 78.1 Å². The number of alkyl halides is 9. The van der Waals surface area contributed by atoms with Crippen LogP contribution in [0.3, 0.4) is 0 Å². The highest BCUT2D eigenvalue weighted by atomic mass is 19.4. The summed E-state index contributed by atoms with van der Waals surface area (Å²) in [6.07, 6.45) is -9.77. The fourth-order valence-corrected chi connectivity index (χ4v) is 3.79. The molecule has 0 saturated carbocycles. The van der Waals surface area contributed by atoms with Crippen LogP contribution in [0.4, 0.5) is 39.5 Å². The van der Waals surface area contributed by atoms with Gasteiger partial charge in [0.05, 0.1) is 17.8 Å². The topological polar surface area (TPSA) is 180 Å². The molecule has 1 aliphatic rings. The molecule has 1 unspecified atom stereocenters. The maximum absolute atomic E-state index is 10.6. The number of ether oxygens (including phenoxy) is 1. The fourth-order valence-electron chi connectivity index (χ4n) is 3.79. The van der Waals surface area contributed by atoms with E-state index in [1.54, 1.807) is 12.4 Å². The monoisotopic (exact) mass is 728 g/mol. The van der Waals surface area contributed by atoms with Crippen molar-refractivity contribution in [2.45, 2.75) is 38.1 Å². The Hall–Kier alpha value is -5.38. The lowest BCUT2D eigenvalue weighted by Crippen LogP contribution is -2.38. The molecular weight excluding hydrogens is 703 g/mol. The van der Waals surface area contributed by atoms with E-state index in [0.717, 1.165) is 53.4 Å². The van der Waals surface area contributed by atoms with Gasteiger partial charge >= 0.3 is 36.4 Å². The summed E-state index contributed by atoms with van der Waals surface area (Å²) in [4.78, 5) is 37.8. The molecule has 1 aliphatic heterocycles.